The van der Waals surface area contributed by atoms with Crippen LogP contribution in [-0.2, 0) is 6.54 Å². The third kappa shape index (κ3) is 3.10. The van der Waals surface area contributed by atoms with Crippen molar-refractivity contribution in [2.75, 3.05) is 20.8 Å². The number of carboxylic acids is 1. The highest BCUT2D eigenvalue weighted by Gasteiger charge is 2.30. The molecule has 1 aliphatic heterocycles. The van der Waals surface area contributed by atoms with Crippen LogP contribution in [0.3, 0.4) is 0 Å². The zero-order chi connectivity index (χ0) is 17.1. The Morgan fingerprint density at radius 3 is 2.88 bits per heavy atom. The molecule has 1 fully saturated rings. The highest BCUT2D eigenvalue weighted by atomic mass is 16.5. The van der Waals surface area contributed by atoms with Crippen molar-refractivity contribution in [3.05, 3.63) is 47.4 Å². The average molecular weight is 331 g/mol. The van der Waals surface area contributed by atoms with E-state index in [0.29, 0.717) is 12.3 Å². The predicted molar refractivity (Wildman–Crippen MR) is 87.6 cm³/mol. The van der Waals surface area contributed by atoms with Crippen LogP contribution in [0.1, 0.15) is 40.6 Å². The Hall–Kier alpha value is -2.47. The van der Waals surface area contributed by atoms with Crippen LogP contribution in [0.2, 0.25) is 0 Å². The SMILES string of the molecule is COc1ccc(C2CCCN2Cc2occc2C(=O)O)c(OC)c1. The third-order valence-electron chi connectivity index (χ3n) is 4.49. The van der Waals surface area contributed by atoms with Crippen molar-refractivity contribution in [2.24, 2.45) is 0 Å². The van der Waals surface area contributed by atoms with Gasteiger partial charge in [0.2, 0.25) is 0 Å². The second kappa shape index (κ2) is 6.97. The Bertz CT molecular complexity index is 724. The maximum Gasteiger partial charge on any atom is 0.339 e. The van der Waals surface area contributed by atoms with Crippen LogP contribution in [-0.4, -0.2) is 36.7 Å². The fourth-order valence-electron chi connectivity index (χ4n) is 3.30. The van der Waals surface area contributed by atoms with E-state index < -0.39 is 5.97 Å². The van der Waals surface area contributed by atoms with E-state index in [0.717, 1.165) is 36.4 Å². The van der Waals surface area contributed by atoms with Gasteiger partial charge in [-0.05, 0) is 31.5 Å². The van der Waals surface area contributed by atoms with Gasteiger partial charge in [0.15, 0.2) is 0 Å². The average Bonchev–Trinajstić information content (AvgIpc) is 3.24. The first-order valence-corrected chi connectivity index (χ1v) is 7.89. The standard InChI is InChI=1S/C18H21NO5/c1-22-12-5-6-13(16(10-12)23-2)15-4-3-8-19(15)11-17-14(18(20)21)7-9-24-17/h5-7,9-10,15H,3-4,8,11H2,1-2H3,(H,20,21). The molecule has 0 aliphatic carbocycles. The molecule has 128 valence electrons. The number of ether oxygens (including phenoxy) is 2. The summed E-state index contributed by atoms with van der Waals surface area (Å²) in [5, 5.41) is 9.24. The van der Waals surface area contributed by atoms with Gasteiger partial charge in [-0.2, -0.15) is 0 Å². The summed E-state index contributed by atoms with van der Waals surface area (Å²) < 4.78 is 16.2. The number of benzene rings is 1. The van der Waals surface area contributed by atoms with Crippen molar-refractivity contribution < 1.29 is 23.8 Å². The van der Waals surface area contributed by atoms with Crippen molar-refractivity contribution in [2.45, 2.75) is 25.4 Å². The Kier molecular flexibility index (Phi) is 4.76. The second-order valence-electron chi connectivity index (χ2n) is 5.80. The largest absolute Gasteiger partial charge is 0.497 e. The summed E-state index contributed by atoms with van der Waals surface area (Å²) in [5.74, 6) is 1.06. The molecule has 0 bridgehead atoms. The molecule has 2 aromatic rings. The minimum Gasteiger partial charge on any atom is -0.497 e. The molecule has 1 unspecified atom stereocenters. The van der Waals surface area contributed by atoms with E-state index in [2.05, 4.69) is 4.90 Å². The number of aromatic carboxylic acids is 1. The van der Waals surface area contributed by atoms with Gasteiger partial charge in [0.25, 0.3) is 0 Å². The molecule has 1 aliphatic rings. The van der Waals surface area contributed by atoms with Crippen LogP contribution >= 0.6 is 0 Å². The molecule has 6 nitrogen and oxygen atoms in total. The molecule has 1 atom stereocenters. The Morgan fingerprint density at radius 1 is 1.33 bits per heavy atom. The van der Waals surface area contributed by atoms with Crippen molar-refractivity contribution in [1.82, 2.24) is 4.90 Å². The third-order valence-corrected chi connectivity index (χ3v) is 4.49. The summed E-state index contributed by atoms with van der Waals surface area (Å²) in [6, 6.07) is 7.47. The van der Waals surface area contributed by atoms with Crippen molar-refractivity contribution in [3.8, 4) is 11.5 Å². The number of rotatable bonds is 6. The minimum absolute atomic E-state index is 0.164. The van der Waals surface area contributed by atoms with Crippen LogP contribution in [0.5, 0.6) is 11.5 Å². The lowest BCUT2D eigenvalue weighted by atomic mass is 10.0. The fourth-order valence-corrected chi connectivity index (χ4v) is 3.30. The first kappa shape index (κ1) is 16.4. The van der Waals surface area contributed by atoms with Crippen LogP contribution in [0.4, 0.5) is 0 Å². The van der Waals surface area contributed by atoms with Crippen molar-refractivity contribution in [3.63, 3.8) is 0 Å². The number of methoxy groups -OCH3 is 2. The number of carboxylic acid groups (broad SMARTS) is 1. The molecule has 6 heteroatoms. The maximum absolute atomic E-state index is 11.3. The van der Waals surface area contributed by atoms with Gasteiger partial charge in [0.1, 0.15) is 22.8 Å². The summed E-state index contributed by atoms with van der Waals surface area (Å²) >= 11 is 0. The highest BCUT2D eigenvalue weighted by molar-refractivity contribution is 5.88. The highest BCUT2D eigenvalue weighted by Crippen LogP contribution is 2.39. The number of hydrogen-bond donors (Lipinski definition) is 1. The van der Waals surface area contributed by atoms with Crippen LogP contribution < -0.4 is 9.47 Å². The lowest BCUT2D eigenvalue weighted by Crippen LogP contribution is -2.23. The van der Waals surface area contributed by atoms with E-state index in [9.17, 15) is 9.90 Å². The number of nitrogens with zero attached hydrogens (tertiary/aromatic N) is 1. The van der Waals surface area contributed by atoms with Gasteiger partial charge in [0, 0.05) is 17.7 Å². The van der Waals surface area contributed by atoms with Gasteiger partial charge < -0.3 is 19.0 Å². The van der Waals surface area contributed by atoms with E-state index in [-0.39, 0.29) is 11.6 Å². The molecular weight excluding hydrogens is 310 g/mol. The lowest BCUT2D eigenvalue weighted by molar-refractivity contribution is 0.0692. The molecule has 0 radical (unpaired) electrons. The molecule has 3 rings (SSSR count). The molecular formula is C18H21NO5. The Labute approximate surface area is 140 Å². The number of hydrogen-bond acceptors (Lipinski definition) is 5. The molecule has 0 amide bonds. The van der Waals surface area contributed by atoms with Gasteiger partial charge in [-0.25, -0.2) is 4.79 Å². The zero-order valence-electron chi connectivity index (χ0n) is 13.8. The Morgan fingerprint density at radius 2 is 2.17 bits per heavy atom. The molecule has 1 N–H and O–H groups in total. The molecule has 2 heterocycles. The summed E-state index contributed by atoms with van der Waals surface area (Å²) in [6.07, 6.45) is 3.46. The molecule has 0 spiro atoms. The van der Waals surface area contributed by atoms with E-state index in [1.54, 1.807) is 14.2 Å². The normalized spacial score (nSPS) is 17.8. The van der Waals surface area contributed by atoms with Crippen LogP contribution in [0.25, 0.3) is 0 Å². The summed E-state index contributed by atoms with van der Waals surface area (Å²) in [5.41, 5.74) is 1.31. The van der Waals surface area contributed by atoms with Crippen molar-refractivity contribution in [1.29, 1.82) is 0 Å². The minimum atomic E-state index is -0.962. The lowest BCUT2D eigenvalue weighted by Gasteiger charge is -2.25. The molecule has 1 saturated heterocycles. The topological polar surface area (TPSA) is 72.1 Å². The molecule has 0 saturated carbocycles. The van der Waals surface area contributed by atoms with Gasteiger partial charge in [0.05, 0.1) is 27.0 Å². The smallest absolute Gasteiger partial charge is 0.339 e. The van der Waals surface area contributed by atoms with E-state index in [4.69, 9.17) is 13.9 Å². The number of likely N-dealkylation sites (tertiary alicyclic amines) is 1. The fraction of sp³-hybridized carbons (Fsp3) is 0.389. The van der Waals surface area contributed by atoms with E-state index in [1.165, 1.54) is 12.3 Å². The number of carbonyl (C=O) groups is 1. The zero-order valence-corrected chi connectivity index (χ0v) is 13.8. The number of furan rings is 1. The maximum atomic E-state index is 11.3. The Balaban J connectivity index is 1.86. The van der Waals surface area contributed by atoms with Crippen molar-refractivity contribution >= 4 is 5.97 Å². The quantitative estimate of drug-likeness (QED) is 0.875. The second-order valence-corrected chi connectivity index (χ2v) is 5.80. The van der Waals surface area contributed by atoms with Crippen LogP contribution in [0, 0.1) is 0 Å². The molecule has 24 heavy (non-hydrogen) atoms. The summed E-state index contributed by atoms with van der Waals surface area (Å²) in [6.45, 7) is 1.36. The first-order valence-electron chi connectivity index (χ1n) is 7.89. The van der Waals surface area contributed by atoms with Gasteiger partial charge >= 0.3 is 5.97 Å². The van der Waals surface area contributed by atoms with Gasteiger partial charge in [-0.1, -0.05) is 6.07 Å². The summed E-state index contributed by atoms with van der Waals surface area (Å²) in [4.78, 5) is 13.5. The molecule has 1 aromatic carbocycles. The first-order chi connectivity index (χ1) is 11.6. The predicted octanol–water partition coefficient (Wildman–Crippen LogP) is 3.33. The van der Waals surface area contributed by atoms with E-state index >= 15 is 0 Å². The van der Waals surface area contributed by atoms with Crippen LogP contribution in [0.15, 0.2) is 34.9 Å². The monoisotopic (exact) mass is 331 g/mol. The summed E-state index contributed by atoms with van der Waals surface area (Å²) in [7, 11) is 3.27. The van der Waals surface area contributed by atoms with E-state index in [1.807, 2.05) is 18.2 Å². The van der Waals surface area contributed by atoms with Gasteiger partial charge in [-0.15, -0.1) is 0 Å². The molecule has 1 aromatic heterocycles. The van der Waals surface area contributed by atoms with Gasteiger partial charge in [-0.3, -0.25) is 4.90 Å².